The predicted molar refractivity (Wildman–Crippen MR) is 68.5 cm³/mol. The molecule has 0 heterocycles. The molecule has 0 nitrogen and oxygen atoms in total. The molecule has 94 valence electrons. The van der Waals surface area contributed by atoms with Gasteiger partial charge in [0, 0.05) is 10.6 Å². The summed E-state index contributed by atoms with van der Waals surface area (Å²) < 4.78 is 39.7. The van der Waals surface area contributed by atoms with Crippen LogP contribution < -0.4 is 0 Å². The van der Waals surface area contributed by atoms with Crippen molar-refractivity contribution in [2.45, 2.75) is 4.83 Å². The Morgan fingerprint density at radius 1 is 0.944 bits per heavy atom. The van der Waals surface area contributed by atoms with E-state index in [9.17, 15) is 13.2 Å². The van der Waals surface area contributed by atoms with Gasteiger partial charge in [0.1, 0.15) is 5.82 Å². The molecule has 0 N–H and O–H groups in total. The highest BCUT2D eigenvalue weighted by Crippen LogP contribution is 2.37. The summed E-state index contributed by atoms with van der Waals surface area (Å²) in [6, 6.07) is 7.65. The molecule has 0 saturated carbocycles. The summed E-state index contributed by atoms with van der Waals surface area (Å²) in [7, 11) is 0. The Labute approximate surface area is 116 Å². The number of halogens is 5. The van der Waals surface area contributed by atoms with Crippen molar-refractivity contribution in [3.63, 3.8) is 0 Å². The van der Waals surface area contributed by atoms with Crippen LogP contribution in [0.15, 0.2) is 36.4 Å². The molecule has 1 atom stereocenters. The maximum absolute atomic E-state index is 13.7. The molecule has 0 radical (unpaired) electrons. The average Bonchev–Trinajstić information content (AvgIpc) is 2.32. The van der Waals surface area contributed by atoms with E-state index in [1.807, 2.05) is 0 Å². The molecule has 0 aliphatic carbocycles. The standard InChI is InChI=1S/C13H7BrClF3/c14-13(7-4-5-9(16)11(18)6-7)12-8(15)2-1-3-10(12)17/h1-6,13H. The smallest absolute Gasteiger partial charge is 0.159 e. The first-order valence-electron chi connectivity index (χ1n) is 5.03. The third-order valence-electron chi connectivity index (χ3n) is 2.49. The first kappa shape index (κ1) is 13.4. The lowest BCUT2D eigenvalue weighted by atomic mass is 10.0. The van der Waals surface area contributed by atoms with Gasteiger partial charge in [0.05, 0.1) is 4.83 Å². The minimum atomic E-state index is -0.982. The van der Waals surface area contributed by atoms with E-state index in [-0.39, 0.29) is 10.6 Å². The molecule has 0 spiro atoms. The summed E-state index contributed by atoms with van der Waals surface area (Å²) in [5.74, 6) is -2.43. The molecule has 0 fully saturated rings. The molecule has 2 rings (SSSR count). The zero-order valence-electron chi connectivity index (χ0n) is 8.93. The highest BCUT2D eigenvalue weighted by atomic mass is 79.9. The summed E-state index contributed by atoms with van der Waals surface area (Å²) in [6.45, 7) is 0. The molecule has 18 heavy (non-hydrogen) atoms. The number of hydrogen-bond donors (Lipinski definition) is 0. The van der Waals surface area contributed by atoms with E-state index in [2.05, 4.69) is 15.9 Å². The quantitative estimate of drug-likeness (QED) is 0.658. The van der Waals surface area contributed by atoms with Crippen molar-refractivity contribution in [1.82, 2.24) is 0 Å². The van der Waals surface area contributed by atoms with E-state index in [0.717, 1.165) is 12.1 Å². The largest absolute Gasteiger partial charge is 0.207 e. The van der Waals surface area contributed by atoms with Crippen molar-refractivity contribution in [1.29, 1.82) is 0 Å². The fraction of sp³-hybridized carbons (Fsp3) is 0.0769. The van der Waals surface area contributed by atoms with Crippen LogP contribution in [0.5, 0.6) is 0 Å². The van der Waals surface area contributed by atoms with Crippen LogP contribution in [0.2, 0.25) is 5.02 Å². The molecule has 0 aromatic heterocycles. The summed E-state index contributed by atoms with van der Waals surface area (Å²) in [6.07, 6.45) is 0. The highest BCUT2D eigenvalue weighted by Gasteiger charge is 2.19. The van der Waals surface area contributed by atoms with Gasteiger partial charge in [0.2, 0.25) is 0 Å². The number of rotatable bonds is 2. The maximum atomic E-state index is 13.7. The second-order valence-corrected chi connectivity index (χ2v) is 4.99. The Balaban J connectivity index is 2.48. The Morgan fingerprint density at radius 2 is 1.67 bits per heavy atom. The van der Waals surface area contributed by atoms with E-state index in [0.29, 0.717) is 5.56 Å². The van der Waals surface area contributed by atoms with Crippen LogP contribution in [0.1, 0.15) is 16.0 Å². The second-order valence-electron chi connectivity index (χ2n) is 3.67. The Morgan fingerprint density at radius 3 is 2.28 bits per heavy atom. The zero-order chi connectivity index (χ0) is 13.3. The lowest BCUT2D eigenvalue weighted by Gasteiger charge is -2.13. The van der Waals surface area contributed by atoms with Crippen molar-refractivity contribution in [2.75, 3.05) is 0 Å². The molecule has 0 bridgehead atoms. The zero-order valence-corrected chi connectivity index (χ0v) is 11.3. The molecule has 0 saturated heterocycles. The lowest BCUT2D eigenvalue weighted by molar-refractivity contribution is 0.507. The molecule has 2 aromatic rings. The van der Waals surface area contributed by atoms with Gasteiger partial charge in [-0.25, -0.2) is 13.2 Å². The minimum absolute atomic E-state index is 0.199. The van der Waals surface area contributed by atoms with Gasteiger partial charge in [-0.05, 0) is 29.8 Å². The third kappa shape index (κ3) is 2.54. The van der Waals surface area contributed by atoms with E-state index in [4.69, 9.17) is 11.6 Å². The van der Waals surface area contributed by atoms with Gasteiger partial charge in [-0.2, -0.15) is 0 Å². The second kappa shape index (κ2) is 5.33. The van der Waals surface area contributed by atoms with Gasteiger partial charge in [-0.15, -0.1) is 0 Å². The predicted octanol–water partition coefficient (Wildman–Crippen LogP) is 5.24. The molecular formula is C13H7BrClF3. The van der Waals surface area contributed by atoms with Crippen LogP contribution in [-0.4, -0.2) is 0 Å². The maximum Gasteiger partial charge on any atom is 0.159 e. The highest BCUT2D eigenvalue weighted by molar-refractivity contribution is 9.09. The first-order chi connectivity index (χ1) is 8.50. The summed E-state index contributed by atoms with van der Waals surface area (Å²) in [4.78, 5) is -0.638. The molecule has 0 amide bonds. The summed E-state index contributed by atoms with van der Waals surface area (Å²) >= 11 is 9.15. The molecule has 2 aromatic carbocycles. The molecule has 0 aliphatic heterocycles. The van der Waals surface area contributed by atoms with E-state index in [1.54, 1.807) is 0 Å². The van der Waals surface area contributed by atoms with Gasteiger partial charge in [0.15, 0.2) is 11.6 Å². The van der Waals surface area contributed by atoms with Crippen molar-refractivity contribution >= 4 is 27.5 Å². The number of hydrogen-bond acceptors (Lipinski definition) is 0. The van der Waals surface area contributed by atoms with E-state index >= 15 is 0 Å². The number of alkyl halides is 1. The Hall–Kier alpha value is -1.00. The molecule has 0 aliphatic rings. The van der Waals surface area contributed by atoms with Gasteiger partial charge in [-0.3, -0.25) is 0 Å². The van der Waals surface area contributed by atoms with E-state index < -0.39 is 22.3 Å². The average molecular weight is 336 g/mol. The fourth-order valence-corrected chi connectivity index (χ4v) is 2.74. The topological polar surface area (TPSA) is 0 Å². The molecule has 1 unspecified atom stereocenters. The SMILES string of the molecule is Fc1ccc(C(Br)c2c(F)cccc2Cl)cc1F. The van der Waals surface area contributed by atoms with Gasteiger partial charge in [0.25, 0.3) is 0 Å². The summed E-state index contributed by atoms with van der Waals surface area (Å²) in [5, 5.41) is 0.224. The van der Waals surface area contributed by atoms with Crippen molar-refractivity contribution < 1.29 is 13.2 Å². The monoisotopic (exact) mass is 334 g/mol. The van der Waals surface area contributed by atoms with Crippen molar-refractivity contribution in [2.24, 2.45) is 0 Å². The van der Waals surface area contributed by atoms with Crippen LogP contribution in [0.3, 0.4) is 0 Å². The van der Waals surface area contributed by atoms with Crippen molar-refractivity contribution in [3.05, 3.63) is 70.0 Å². The fourth-order valence-electron chi connectivity index (χ4n) is 1.59. The van der Waals surface area contributed by atoms with Crippen molar-refractivity contribution in [3.8, 4) is 0 Å². The van der Waals surface area contributed by atoms with E-state index in [1.165, 1.54) is 24.3 Å². The Kier molecular flexibility index (Phi) is 3.97. The van der Waals surface area contributed by atoms with Crippen LogP contribution >= 0.6 is 27.5 Å². The van der Waals surface area contributed by atoms with Crippen LogP contribution in [0.25, 0.3) is 0 Å². The third-order valence-corrected chi connectivity index (χ3v) is 3.81. The summed E-state index contributed by atoms with van der Waals surface area (Å²) in [5.41, 5.74) is 0.589. The molecular weight excluding hydrogens is 328 g/mol. The number of benzene rings is 2. The van der Waals surface area contributed by atoms with Crippen LogP contribution in [-0.2, 0) is 0 Å². The first-order valence-corrected chi connectivity index (χ1v) is 6.33. The Bertz CT molecular complexity index is 566. The van der Waals surface area contributed by atoms with Gasteiger partial charge >= 0.3 is 0 Å². The van der Waals surface area contributed by atoms with Crippen LogP contribution in [0, 0.1) is 17.5 Å². The lowest BCUT2D eigenvalue weighted by Crippen LogP contribution is -1.99. The van der Waals surface area contributed by atoms with Crippen LogP contribution in [0.4, 0.5) is 13.2 Å². The van der Waals surface area contributed by atoms with Gasteiger partial charge < -0.3 is 0 Å². The van der Waals surface area contributed by atoms with Gasteiger partial charge in [-0.1, -0.05) is 39.7 Å². The minimum Gasteiger partial charge on any atom is -0.207 e. The molecule has 5 heteroatoms. The normalized spacial score (nSPS) is 12.5.